The van der Waals surface area contributed by atoms with Crippen LogP contribution in [-0.2, 0) is 22.8 Å². The molecule has 0 radical (unpaired) electrons. The third-order valence-corrected chi connectivity index (χ3v) is 5.68. The number of fused-ring (bicyclic) bond motifs is 1. The SMILES string of the molecule is CCCc1nc(Cl)c2c(n1)n(Cc1ccc(S(C)(=O)=O)cc1)c(=O)n2S. The average molecular weight is 413 g/mol. The smallest absolute Gasteiger partial charge is 0.271 e. The molecule has 3 aromatic rings. The lowest BCUT2D eigenvalue weighted by Gasteiger charge is -2.06. The molecule has 0 aliphatic rings. The third kappa shape index (κ3) is 3.51. The van der Waals surface area contributed by atoms with Gasteiger partial charge < -0.3 is 0 Å². The van der Waals surface area contributed by atoms with Crippen LogP contribution in [0.2, 0.25) is 5.15 Å². The molecule has 0 N–H and O–H groups in total. The molecule has 0 saturated heterocycles. The Balaban J connectivity index is 2.10. The minimum Gasteiger partial charge on any atom is -0.271 e. The van der Waals surface area contributed by atoms with Crippen LogP contribution in [0.15, 0.2) is 34.0 Å². The highest BCUT2D eigenvalue weighted by Crippen LogP contribution is 2.22. The first kappa shape index (κ1) is 18.9. The van der Waals surface area contributed by atoms with Crippen molar-refractivity contribution in [2.75, 3.05) is 6.26 Å². The summed E-state index contributed by atoms with van der Waals surface area (Å²) in [6.45, 7) is 2.22. The van der Waals surface area contributed by atoms with Gasteiger partial charge in [0, 0.05) is 12.7 Å². The zero-order chi connectivity index (χ0) is 19.1. The van der Waals surface area contributed by atoms with E-state index in [0.717, 1.165) is 22.2 Å². The van der Waals surface area contributed by atoms with Gasteiger partial charge in [-0.25, -0.2) is 27.2 Å². The summed E-state index contributed by atoms with van der Waals surface area (Å²) < 4.78 is 25.7. The van der Waals surface area contributed by atoms with Gasteiger partial charge >= 0.3 is 5.69 Å². The Kier molecular flexibility index (Phi) is 5.14. The standard InChI is InChI=1S/C16H17ClN4O3S2/c1-3-4-12-18-14(17)13-15(19-12)20(16(22)21(13)25)9-10-5-7-11(8-6-10)26(2,23)24/h5-8,25H,3-4,9H2,1-2H3. The van der Waals surface area contributed by atoms with Gasteiger partial charge in [-0.2, -0.15) is 0 Å². The molecule has 0 atom stereocenters. The van der Waals surface area contributed by atoms with Gasteiger partial charge in [-0.05, 0) is 24.1 Å². The first-order valence-electron chi connectivity index (χ1n) is 7.88. The Morgan fingerprint density at radius 3 is 2.42 bits per heavy atom. The minimum atomic E-state index is -3.27. The fourth-order valence-corrected chi connectivity index (χ4v) is 3.88. The number of aromatic nitrogens is 4. The largest absolute Gasteiger partial charge is 0.340 e. The van der Waals surface area contributed by atoms with Crippen LogP contribution >= 0.6 is 24.4 Å². The molecule has 0 spiro atoms. The molecule has 26 heavy (non-hydrogen) atoms. The van der Waals surface area contributed by atoms with E-state index in [1.165, 1.54) is 16.7 Å². The highest BCUT2D eigenvalue weighted by atomic mass is 35.5. The van der Waals surface area contributed by atoms with Crippen LogP contribution in [0.25, 0.3) is 11.2 Å². The summed E-state index contributed by atoms with van der Waals surface area (Å²) in [5.41, 5.74) is 1.13. The normalized spacial score (nSPS) is 12.0. The van der Waals surface area contributed by atoms with Gasteiger partial charge in [0.25, 0.3) is 0 Å². The van der Waals surface area contributed by atoms with E-state index in [-0.39, 0.29) is 22.3 Å². The number of aryl methyl sites for hydroxylation is 1. The molecule has 2 heterocycles. The van der Waals surface area contributed by atoms with Crippen LogP contribution < -0.4 is 5.69 Å². The van der Waals surface area contributed by atoms with Crippen LogP contribution in [0.4, 0.5) is 0 Å². The summed E-state index contributed by atoms with van der Waals surface area (Å²) >= 11 is 10.4. The van der Waals surface area contributed by atoms with E-state index in [0.29, 0.717) is 23.4 Å². The first-order chi connectivity index (χ1) is 12.2. The topological polar surface area (TPSA) is 86.8 Å². The number of thiol groups is 1. The molecule has 7 nitrogen and oxygen atoms in total. The van der Waals surface area contributed by atoms with Gasteiger partial charge in [-0.1, -0.05) is 43.5 Å². The van der Waals surface area contributed by atoms with Crippen molar-refractivity contribution in [2.45, 2.75) is 31.2 Å². The number of benzene rings is 1. The van der Waals surface area contributed by atoms with E-state index in [9.17, 15) is 13.2 Å². The van der Waals surface area contributed by atoms with Crippen molar-refractivity contribution in [3.63, 3.8) is 0 Å². The zero-order valence-electron chi connectivity index (χ0n) is 14.2. The predicted molar refractivity (Wildman–Crippen MR) is 104 cm³/mol. The minimum absolute atomic E-state index is 0.178. The van der Waals surface area contributed by atoms with Gasteiger partial charge in [0.15, 0.2) is 20.6 Å². The molecule has 3 rings (SSSR count). The maximum Gasteiger partial charge on any atom is 0.340 e. The van der Waals surface area contributed by atoms with Crippen molar-refractivity contribution in [3.8, 4) is 0 Å². The van der Waals surface area contributed by atoms with E-state index in [1.54, 1.807) is 12.1 Å². The Bertz CT molecular complexity index is 1130. The van der Waals surface area contributed by atoms with Crippen molar-refractivity contribution in [1.29, 1.82) is 0 Å². The van der Waals surface area contributed by atoms with Crippen LogP contribution in [0.1, 0.15) is 24.7 Å². The molecule has 10 heteroatoms. The van der Waals surface area contributed by atoms with Gasteiger partial charge in [-0.3, -0.25) is 4.57 Å². The Morgan fingerprint density at radius 1 is 1.19 bits per heavy atom. The van der Waals surface area contributed by atoms with Crippen LogP contribution in [0, 0.1) is 0 Å². The first-order valence-corrected chi connectivity index (χ1v) is 10.5. The van der Waals surface area contributed by atoms with Gasteiger partial charge in [-0.15, -0.1) is 0 Å². The summed E-state index contributed by atoms with van der Waals surface area (Å²) in [5.74, 6) is 0.560. The van der Waals surface area contributed by atoms with Crippen LogP contribution in [0.3, 0.4) is 0 Å². The monoisotopic (exact) mass is 412 g/mol. The van der Waals surface area contributed by atoms with E-state index in [1.807, 2.05) is 6.92 Å². The maximum atomic E-state index is 12.6. The highest BCUT2D eigenvalue weighted by molar-refractivity contribution is 7.90. The number of hydrogen-bond donors (Lipinski definition) is 1. The number of sulfone groups is 1. The number of rotatable bonds is 5. The quantitative estimate of drug-likeness (QED) is 0.513. The second-order valence-corrected chi connectivity index (χ2v) is 8.72. The lowest BCUT2D eigenvalue weighted by Crippen LogP contribution is -2.21. The van der Waals surface area contributed by atoms with Crippen LogP contribution in [0.5, 0.6) is 0 Å². The zero-order valence-corrected chi connectivity index (χ0v) is 16.6. The van der Waals surface area contributed by atoms with Crippen LogP contribution in [-0.4, -0.2) is 33.2 Å². The van der Waals surface area contributed by atoms with Gasteiger partial charge in [0.2, 0.25) is 0 Å². The molecule has 1 aromatic carbocycles. The Hall–Kier alpha value is -1.84. The van der Waals surface area contributed by atoms with E-state index in [2.05, 4.69) is 22.8 Å². The molecule has 0 saturated carbocycles. The fraction of sp³-hybridized carbons (Fsp3) is 0.312. The molecular formula is C16H17ClN4O3S2. The molecule has 0 aliphatic carbocycles. The Morgan fingerprint density at radius 2 is 1.85 bits per heavy atom. The van der Waals surface area contributed by atoms with Gasteiger partial charge in [0.05, 0.1) is 11.4 Å². The van der Waals surface area contributed by atoms with Crippen molar-refractivity contribution in [1.82, 2.24) is 18.5 Å². The Labute approximate surface area is 161 Å². The molecule has 0 aliphatic heterocycles. The fourth-order valence-electron chi connectivity index (χ4n) is 2.63. The third-order valence-electron chi connectivity index (χ3n) is 3.91. The lowest BCUT2D eigenvalue weighted by molar-refractivity contribution is 0.602. The van der Waals surface area contributed by atoms with E-state index < -0.39 is 9.84 Å². The molecular weight excluding hydrogens is 396 g/mol. The molecule has 0 amide bonds. The molecule has 2 aromatic heterocycles. The summed E-state index contributed by atoms with van der Waals surface area (Å²) in [4.78, 5) is 21.5. The summed E-state index contributed by atoms with van der Waals surface area (Å²) in [5, 5.41) is 0.178. The maximum absolute atomic E-state index is 12.6. The van der Waals surface area contributed by atoms with Crippen molar-refractivity contribution >= 4 is 45.4 Å². The molecule has 138 valence electrons. The van der Waals surface area contributed by atoms with E-state index in [4.69, 9.17) is 11.6 Å². The average Bonchev–Trinajstić information content (AvgIpc) is 2.80. The second-order valence-electron chi connectivity index (χ2n) is 5.95. The second kappa shape index (κ2) is 7.05. The molecule has 0 fully saturated rings. The van der Waals surface area contributed by atoms with Crippen molar-refractivity contribution < 1.29 is 8.42 Å². The highest BCUT2D eigenvalue weighted by Gasteiger charge is 2.18. The van der Waals surface area contributed by atoms with Gasteiger partial charge in [0.1, 0.15) is 11.3 Å². The summed E-state index contributed by atoms with van der Waals surface area (Å²) in [6, 6.07) is 6.36. The summed E-state index contributed by atoms with van der Waals surface area (Å²) in [6.07, 6.45) is 2.64. The molecule has 0 bridgehead atoms. The molecule has 0 unspecified atom stereocenters. The van der Waals surface area contributed by atoms with Crippen molar-refractivity contribution in [2.24, 2.45) is 0 Å². The predicted octanol–water partition coefficient (Wildman–Crippen LogP) is 2.34. The van der Waals surface area contributed by atoms with E-state index >= 15 is 0 Å². The number of halogens is 1. The number of nitrogens with zero attached hydrogens (tertiary/aromatic N) is 4. The summed E-state index contributed by atoms with van der Waals surface area (Å²) in [7, 11) is -3.27. The van der Waals surface area contributed by atoms with Crippen molar-refractivity contribution in [3.05, 3.63) is 51.3 Å². The number of hydrogen-bond acceptors (Lipinski definition) is 6. The number of imidazole rings is 1. The lowest BCUT2D eigenvalue weighted by atomic mass is 10.2.